The summed E-state index contributed by atoms with van der Waals surface area (Å²) in [5.41, 5.74) is 0.0142. The molecule has 6 heteroatoms. The van der Waals surface area contributed by atoms with Crippen LogP contribution in [0.2, 0.25) is 5.02 Å². The first kappa shape index (κ1) is 14.9. The van der Waals surface area contributed by atoms with E-state index in [1.807, 2.05) is 24.3 Å². The summed E-state index contributed by atoms with van der Waals surface area (Å²) >= 11 is 7.78. The molecule has 0 bridgehead atoms. The van der Waals surface area contributed by atoms with Crippen molar-refractivity contribution in [1.29, 1.82) is 0 Å². The largest absolute Gasteiger partial charge is 0.339 e. The zero-order chi connectivity index (χ0) is 14.7. The number of aromatic nitrogens is 2. The van der Waals surface area contributed by atoms with Gasteiger partial charge in [0.25, 0.3) is 0 Å². The summed E-state index contributed by atoms with van der Waals surface area (Å²) in [7, 11) is 0. The molecule has 2 aromatic rings. The Morgan fingerprint density at radius 1 is 1.43 bits per heavy atom. The minimum absolute atomic E-state index is 0.0142. The Bertz CT molecular complexity index is 610. The predicted octanol–water partition coefficient (Wildman–Crippen LogP) is 3.66. The van der Waals surface area contributed by atoms with Crippen molar-refractivity contribution in [3.63, 3.8) is 0 Å². The minimum Gasteiger partial charge on any atom is -0.339 e. The quantitative estimate of drug-likeness (QED) is 0.851. The first-order valence-electron chi connectivity index (χ1n) is 7.15. The molecule has 1 aliphatic rings. The highest BCUT2D eigenvalue weighted by atomic mass is 35.5. The van der Waals surface area contributed by atoms with E-state index >= 15 is 0 Å². The molecule has 1 N–H and O–H groups in total. The van der Waals surface area contributed by atoms with Crippen LogP contribution < -0.4 is 5.32 Å². The van der Waals surface area contributed by atoms with E-state index in [9.17, 15) is 0 Å². The molecule has 4 nitrogen and oxygen atoms in total. The Kier molecular flexibility index (Phi) is 4.52. The van der Waals surface area contributed by atoms with E-state index in [0.717, 1.165) is 47.6 Å². The van der Waals surface area contributed by atoms with Gasteiger partial charge in [0.05, 0.1) is 16.2 Å². The van der Waals surface area contributed by atoms with Crippen LogP contribution in [0.5, 0.6) is 0 Å². The SMILES string of the molecule is CCC1(c2nc(CSc3ccccc3Cl)no2)CCNC1. The summed E-state index contributed by atoms with van der Waals surface area (Å²) in [5.74, 6) is 2.17. The lowest BCUT2D eigenvalue weighted by Crippen LogP contribution is -2.28. The van der Waals surface area contributed by atoms with Crippen molar-refractivity contribution in [2.75, 3.05) is 13.1 Å². The molecule has 21 heavy (non-hydrogen) atoms. The average Bonchev–Trinajstić information content (AvgIpc) is 3.16. The number of thioether (sulfide) groups is 1. The van der Waals surface area contributed by atoms with Gasteiger partial charge in [-0.05, 0) is 31.5 Å². The Labute approximate surface area is 133 Å². The van der Waals surface area contributed by atoms with Gasteiger partial charge in [-0.2, -0.15) is 4.98 Å². The van der Waals surface area contributed by atoms with Crippen molar-refractivity contribution in [3.05, 3.63) is 41.0 Å². The average molecular weight is 324 g/mol. The van der Waals surface area contributed by atoms with Crippen LogP contribution in [0.15, 0.2) is 33.7 Å². The van der Waals surface area contributed by atoms with Gasteiger partial charge in [-0.3, -0.25) is 0 Å². The van der Waals surface area contributed by atoms with Crippen molar-refractivity contribution in [3.8, 4) is 0 Å². The van der Waals surface area contributed by atoms with Crippen LogP contribution in [0.3, 0.4) is 0 Å². The van der Waals surface area contributed by atoms with Gasteiger partial charge in [0.15, 0.2) is 5.82 Å². The standard InChI is InChI=1S/C15H18ClN3OS/c1-2-15(7-8-17-10-15)14-18-13(19-20-14)9-21-12-6-4-3-5-11(12)16/h3-6,17H,2,7-10H2,1H3. The number of nitrogens with zero attached hydrogens (tertiary/aromatic N) is 2. The molecule has 112 valence electrons. The molecule has 1 aromatic heterocycles. The third kappa shape index (κ3) is 3.10. The Morgan fingerprint density at radius 2 is 2.29 bits per heavy atom. The molecule has 0 spiro atoms. The maximum absolute atomic E-state index is 6.15. The molecule has 0 aliphatic carbocycles. The monoisotopic (exact) mass is 323 g/mol. The molecular weight excluding hydrogens is 306 g/mol. The van der Waals surface area contributed by atoms with E-state index in [1.165, 1.54) is 0 Å². The van der Waals surface area contributed by atoms with Gasteiger partial charge in [0, 0.05) is 11.4 Å². The minimum atomic E-state index is 0.0142. The number of halogens is 1. The van der Waals surface area contributed by atoms with Gasteiger partial charge in [0.2, 0.25) is 5.89 Å². The molecule has 0 radical (unpaired) electrons. The van der Waals surface area contributed by atoms with E-state index < -0.39 is 0 Å². The van der Waals surface area contributed by atoms with E-state index in [0.29, 0.717) is 5.75 Å². The Morgan fingerprint density at radius 3 is 3.00 bits per heavy atom. The fourth-order valence-corrected chi connectivity index (χ4v) is 3.69. The maximum Gasteiger partial charge on any atom is 0.234 e. The van der Waals surface area contributed by atoms with Crippen LogP contribution in [-0.2, 0) is 11.2 Å². The fourth-order valence-electron chi connectivity index (χ4n) is 2.61. The smallest absolute Gasteiger partial charge is 0.234 e. The van der Waals surface area contributed by atoms with E-state index in [1.54, 1.807) is 11.8 Å². The van der Waals surface area contributed by atoms with Crippen LogP contribution in [0, 0.1) is 0 Å². The number of nitrogens with one attached hydrogen (secondary N) is 1. The molecule has 1 unspecified atom stereocenters. The van der Waals surface area contributed by atoms with Crippen molar-refractivity contribution in [2.24, 2.45) is 0 Å². The lowest BCUT2D eigenvalue weighted by molar-refractivity contribution is 0.284. The van der Waals surface area contributed by atoms with Crippen molar-refractivity contribution in [2.45, 2.75) is 35.8 Å². The van der Waals surface area contributed by atoms with Crippen LogP contribution in [-0.4, -0.2) is 23.2 Å². The van der Waals surface area contributed by atoms with Gasteiger partial charge < -0.3 is 9.84 Å². The zero-order valence-electron chi connectivity index (χ0n) is 11.9. The lowest BCUT2D eigenvalue weighted by Gasteiger charge is -2.20. The molecule has 1 aliphatic heterocycles. The van der Waals surface area contributed by atoms with Crippen LogP contribution in [0.4, 0.5) is 0 Å². The van der Waals surface area contributed by atoms with Crippen molar-refractivity contribution in [1.82, 2.24) is 15.5 Å². The molecule has 1 aromatic carbocycles. The molecule has 1 atom stereocenters. The number of hydrogen-bond donors (Lipinski definition) is 1. The zero-order valence-corrected chi connectivity index (χ0v) is 13.5. The molecular formula is C15H18ClN3OS. The van der Waals surface area contributed by atoms with Crippen LogP contribution in [0.1, 0.15) is 31.5 Å². The highest BCUT2D eigenvalue weighted by Crippen LogP contribution is 2.34. The molecule has 0 saturated carbocycles. The van der Waals surface area contributed by atoms with E-state index in [-0.39, 0.29) is 5.41 Å². The lowest BCUT2D eigenvalue weighted by atomic mass is 9.84. The maximum atomic E-state index is 6.15. The Balaban J connectivity index is 1.69. The van der Waals surface area contributed by atoms with Gasteiger partial charge in [-0.1, -0.05) is 35.8 Å². The number of rotatable bonds is 5. The van der Waals surface area contributed by atoms with E-state index in [4.69, 9.17) is 16.1 Å². The van der Waals surface area contributed by atoms with Gasteiger partial charge in [-0.15, -0.1) is 11.8 Å². The van der Waals surface area contributed by atoms with Gasteiger partial charge in [-0.25, -0.2) is 0 Å². The summed E-state index contributed by atoms with van der Waals surface area (Å²) in [6, 6.07) is 7.80. The van der Waals surface area contributed by atoms with Gasteiger partial charge >= 0.3 is 0 Å². The van der Waals surface area contributed by atoms with Crippen LogP contribution >= 0.6 is 23.4 Å². The first-order valence-corrected chi connectivity index (χ1v) is 8.51. The van der Waals surface area contributed by atoms with Crippen molar-refractivity contribution < 1.29 is 4.52 Å². The molecule has 3 rings (SSSR count). The number of hydrogen-bond acceptors (Lipinski definition) is 5. The van der Waals surface area contributed by atoms with E-state index in [2.05, 4.69) is 22.4 Å². The summed E-state index contributed by atoms with van der Waals surface area (Å²) in [6.45, 7) is 4.11. The molecule has 1 fully saturated rings. The molecule has 1 saturated heterocycles. The summed E-state index contributed by atoms with van der Waals surface area (Å²) in [6.07, 6.45) is 2.07. The summed E-state index contributed by atoms with van der Waals surface area (Å²) in [4.78, 5) is 5.64. The number of benzene rings is 1. The second kappa shape index (κ2) is 6.38. The molecule has 2 heterocycles. The molecule has 0 amide bonds. The second-order valence-corrected chi connectivity index (χ2v) is 6.72. The normalized spacial score (nSPS) is 21.8. The second-order valence-electron chi connectivity index (χ2n) is 5.30. The summed E-state index contributed by atoms with van der Waals surface area (Å²) in [5, 5.41) is 8.27. The van der Waals surface area contributed by atoms with Gasteiger partial charge in [0.1, 0.15) is 0 Å². The van der Waals surface area contributed by atoms with Crippen LogP contribution in [0.25, 0.3) is 0 Å². The third-order valence-electron chi connectivity index (χ3n) is 4.04. The Hall–Kier alpha value is -1.04. The highest BCUT2D eigenvalue weighted by molar-refractivity contribution is 7.98. The van der Waals surface area contributed by atoms with Crippen molar-refractivity contribution >= 4 is 23.4 Å². The highest BCUT2D eigenvalue weighted by Gasteiger charge is 2.39. The fraction of sp³-hybridized carbons (Fsp3) is 0.467. The predicted molar refractivity (Wildman–Crippen MR) is 84.8 cm³/mol. The summed E-state index contributed by atoms with van der Waals surface area (Å²) < 4.78 is 5.51. The third-order valence-corrected chi connectivity index (χ3v) is 5.55. The first-order chi connectivity index (χ1) is 10.2. The topological polar surface area (TPSA) is 51.0 Å².